The number of nitrogens with zero attached hydrogens (tertiary/aromatic N) is 3. The smallest absolute Gasteiger partial charge is 0.251 e. The lowest BCUT2D eigenvalue weighted by Gasteiger charge is -2.16. The van der Waals surface area contributed by atoms with Gasteiger partial charge >= 0.3 is 0 Å². The average Bonchev–Trinajstić information content (AvgIpc) is 2.82. The second kappa shape index (κ2) is 7.15. The van der Waals surface area contributed by atoms with Crippen molar-refractivity contribution in [2.24, 2.45) is 0 Å². The summed E-state index contributed by atoms with van der Waals surface area (Å²) in [7, 11) is -3.24. The van der Waals surface area contributed by atoms with Crippen LogP contribution in [0.1, 0.15) is 28.2 Å². The van der Waals surface area contributed by atoms with E-state index in [0.29, 0.717) is 42.3 Å². The van der Waals surface area contributed by atoms with Crippen LogP contribution in [-0.4, -0.2) is 41.2 Å². The highest BCUT2D eigenvalue weighted by atomic mass is 35.5. The number of aromatic nitrogens is 2. The van der Waals surface area contributed by atoms with Gasteiger partial charge in [0.25, 0.3) is 5.91 Å². The number of hydrogen-bond donors (Lipinski definition) is 1. The number of rotatable bonds is 4. The van der Waals surface area contributed by atoms with E-state index in [2.05, 4.69) is 10.4 Å². The number of halogens is 1. The quantitative estimate of drug-likeness (QED) is 0.871. The molecular formula is C16H19ClN4O3S. The molecular weight excluding hydrogens is 364 g/mol. The summed E-state index contributed by atoms with van der Waals surface area (Å²) in [5, 5.41) is 7.85. The molecule has 3 rings (SSSR count). The van der Waals surface area contributed by atoms with E-state index < -0.39 is 10.0 Å². The van der Waals surface area contributed by atoms with Crippen molar-refractivity contribution in [1.29, 1.82) is 0 Å². The summed E-state index contributed by atoms with van der Waals surface area (Å²) in [4.78, 5) is 12.1. The maximum absolute atomic E-state index is 12.1. The first-order valence-electron chi connectivity index (χ1n) is 7.87. The van der Waals surface area contributed by atoms with Gasteiger partial charge in [0.05, 0.1) is 30.7 Å². The number of carbonyl (C=O) groups excluding carboxylic acids is 1. The lowest BCUT2D eigenvalue weighted by Crippen LogP contribution is -2.29. The summed E-state index contributed by atoms with van der Waals surface area (Å²) in [6.45, 7) is 1.73. The molecule has 0 saturated carbocycles. The minimum atomic E-state index is -3.24. The van der Waals surface area contributed by atoms with Crippen molar-refractivity contribution < 1.29 is 13.2 Å². The van der Waals surface area contributed by atoms with Crippen molar-refractivity contribution in [1.82, 2.24) is 19.4 Å². The molecule has 0 fully saturated rings. The van der Waals surface area contributed by atoms with Gasteiger partial charge in [0.1, 0.15) is 0 Å². The number of hydrogen-bond acceptors (Lipinski definition) is 4. The highest BCUT2D eigenvalue weighted by molar-refractivity contribution is 7.88. The van der Waals surface area contributed by atoms with Crippen LogP contribution < -0.4 is 5.32 Å². The molecule has 0 aliphatic carbocycles. The molecule has 2 heterocycles. The molecule has 25 heavy (non-hydrogen) atoms. The molecule has 7 nitrogen and oxygen atoms in total. The van der Waals surface area contributed by atoms with Crippen molar-refractivity contribution in [3.63, 3.8) is 0 Å². The van der Waals surface area contributed by atoms with Crippen molar-refractivity contribution in [3.05, 3.63) is 52.3 Å². The average molecular weight is 383 g/mol. The fourth-order valence-corrected chi connectivity index (χ4v) is 3.69. The van der Waals surface area contributed by atoms with E-state index in [9.17, 15) is 13.2 Å². The van der Waals surface area contributed by atoms with Gasteiger partial charge in [0.2, 0.25) is 10.0 Å². The van der Waals surface area contributed by atoms with Gasteiger partial charge in [-0.15, -0.1) is 0 Å². The first-order valence-corrected chi connectivity index (χ1v) is 10.1. The molecule has 134 valence electrons. The predicted octanol–water partition coefficient (Wildman–Crippen LogP) is 1.63. The molecule has 1 aromatic carbocycles. The van der Waals surface area contributed by atoms with Gasteiger partial charge in [-0.2, -0.15) is 9.40 Å². The molecule has 0 spiro atoms. The Balaban J connectivity index is 1.67. The van der Waals surface area contributed by atoms with Crippen LogP contribution in [0.4, 0.5) is 0 Å². The summed E-state index contributed by atoms with van der Waals surface area (Å²) in [5.41, 5.74) is 2.06. The maximum Gasteiger partial charge on any atom is 0.251 e. The zero-order valence-electron chi connectivity index (χ0n) is 13.8. The summed E-state index contributed by atoms with van der Waals surface area (Å²) < 4.78 is 26.8. The SMILES string of the molecule is CS(=O)(=O)N1CCCn2nc(CNC(=O)c3ccc(Cl)cc3)cc2C1. The predicted molar refractivity (Wildman–Crippen MR) is 94.7 cm³/mol. The molecule has 9 heteroatoms. The van der Waals surface area contributed by atoms with E-state index in [0.717, 1.165) is 5.69 Å². The van der Waals surface area contributed by atoms with Gasteiger partial charge in [0, 0.05) is 23.7 Å². The zero-order valence-corrected chi connectivity index (χ0v) is 15.3. The largest absolute Gasteiger partial charge is 0.346 e. The first kappa shape index (κ1) is 17.9. The molecule has 2 aromatic rings. The molecule has 0 unspecified atom stereocenters. The summed E-state index contributed by atoms with van der Waals surface area (Å²) in [5.74, 6) is -0.211. The van der Waals surface area contributed by atoms with Crippen molar-refractivity contribution in [2.75, 3.05) is 12.8 Å². The van der Waals surface area contributed by atoms with Crippen LogP contribution in [0.3, 0.4) is 0 Å². The Labute approximate surface area is 151 Å². The Hall–Kier alpha value is -1.90. The second-order valence-corrected chi connectivity index (χ2v) is 8.41. The van der Waals surface area contributed by atoms with Gasteiger partial charge in [-0.25, -0.2) is 8.42 Å². The van der Waals surface area contributed by atoms with E-state index in [4.69, 9.17) is 11.6 Å². The molecule has 0 bridgehead atoms. The molecule has 1 aliphatic heterocycles. The molecule has 0 radical (unpaired) electrons. The van der Waals surface area contributed by atoms with E-state index in [1.54, 1.807) is 24.3 Å². The standard InChI is InChI=1S/C16H19ClN4O3S/c1-25(23,24)20-7-2-8-21-15(11-20)9-14(19-21)10-18-16(22)12-3-5-13(17)6-4-12/h3-6,9H,2,7-8,10-11H2,1H3,(H,18,22). The third-order valence-electron chi connectivity index (χ3n) is 4.04. The molecule has 0 atom stereocenters. The number of nitrogens with one attached hydrogen (secondary N) is 1. The summed E-state index contributed by atoms with van der Waals surface area (Å²) >= 11 is 5.81. The highest BCUT2D eigenvalue weighted by Gasteiger charge is 2.22. The molecule has 1 amide bonds. The van der Waals surface area contributed by atoms with Crippen molar-refractivity contribution in [2.45, 2.75) is 26.1 Å². The van der Waals surface area contributed by atoms with Gasteiger partial charge < -0.3 is 5.32 Å². The van der Waals surface area contributed by atoms with E-state index in [-0.39, 0.29) is 12.5 Å². The number of sulfonamides is 1. The van der Waals surface area contributed by atoms with E-state index in [1.165, 1.54) is 10.6 Å². The lowest BCUT2D eigenvalue weighted by molar-refractivity contribution is 0.0950. The lowest BCUT2D eigenvalue weighted by atomic mass is 10.2. The van der Waals surface area contributed by atoms with Crippen LogP contribution in [-0.2, 0) is 29.7 Å². The number of carbonyl (C=O) groups is 1. The zero-order chi connectivity index (χ0) is 18.0. The third-order valence-corrected chi connectivity index (χ3v) is 5.54. The normalized spacial score (nSPS) is 15.4. The van der Waals surface area contributed by atoms with Gasteiger partial charge in [-0.1, -0.05) is 11.6 Å². The van der Waals surface area contributed by atoms with Crippen LogP contribution in [0.5, 0.6) is 0 Å². The number of benzene rings is 1. The van der Waals surface area contributed by atoms with E-state index in [1.807, 2.05) is 10.7 Å². The molecule has 1 aliphatic rings. The Bertz CT molecular complexity index is 877. The maximum atomic E-state index is 12.1. The number of amides is 1. The van der Waals surface area contributed by atoms with E-state index >= 15 is 0 Å². The van der Waals surface area contributed by atoms with Crippen LogP contribution in [0.25, 0.3) is 0 Å². The molecule has 1 N–H and O–H groups in total. The Morgan fingerprint density at radius 3 is 2.68 bits per heavy atom. The van der Waals surface area contributed by atoms with Crippen LogP contribution in [0, 0.1) is 0 Å². The highest BCUT2D eigenvalue weighted by Crippen LogP contribution is 2.16. The topological polar surface area (TPSA) is 84.3 Å². The van der Waals surface area contributed by atoms with Crippen LogP contribution >= 0.6 is 11.6 Å². The Morgan fingerprint density at radius 1 is 1.28 bits per heavy atom. The monoisotopic (exact) mass is 382 g/mol. The Morgan fingerprint density at radius 2 is 2.00 bits per heavy atom. The fourth-order valence-electron chi connectivity index (χ4n) is 2.74. The third kappa shape index (κ3) is 4.39. The molecule has 0 saturated heterocycles. The molecule has 1 aromatic heterocycles. The minimum Gasteiger partial charge on any atom is -0.346 e. The second-order valence-electron chi connectivity index (χ2n) is 5.99. The fraction of sp³-hybridized carbons (Fsp3) is 0.375. The van der Waals surface area contributed by atoms with Gasteiger partial charge in [0.15, 0.2) is 0 Å². The number of fused-ring (bicyclic) bond motifs is 1. The van der Waals surface area contributed by atoms with Crippen LogP contribution in [0.2, 0.25) is 5.02 Å². The Kier molecular flexibility index (Phi) is 5.12. The minimum absolute atomic E-state index is 0.211. The summed E-state index contributed by atoms with van der Waals surface area (Å²) in [6.07, 6.45) is 1.92. The van der Waals surface area contributed by atoms with Crippen LogP contribution in [0.15, 0.2) is 30.3 Å². The summed E-state index contributed by atoms with van der Waals surface area (Å²) in [6, 6.07) is 8.48. The first-order chi connectivity index (χ1) is 11.8. The number of aryl methyl sites for hydroxylation is 1. The van der Waals surface area contributed by atoms with Gasteiger partial charge in [-0.05, 0) is 36.8 Å². The van der Waals surface area contributed by atoms with Crippen molar-refractivity contribution >= 4 is 27.5 Å². The van der Waals surface area contributed by atoms with Crippen molar-refractivity contribution in [3.8, 4) is 0 Å². The van der Waals surface area contributed by atoms with Gasteiger partial charge in [-0.3, -0.25) is 9.48 Å².